The molecule has 3 aromatic rings. The van der Waals surface area contributed by atoms with Crippen molar-refractivity contribution in [2.75, 3.05) is 11.4 Å². The molecule has 0 saturated heterocycles. The van der Waals surface area contributed by atoms with E-state index in [1.807, 2.05) is 6.07 Å². The van der Waals surface area contributed by atoms with E-state index in [0.717, 1.165) is 47.5 Å². The topological polar surface area (TPSA) is 57.7 Å². The molecule has 0 bridgehead atoms. The van der Waals surface area contributed by atoms with Gasteiger partial charge in [-0.15, -0.1) is 0 Å². The van der Waals surface area contributed by atoms with Crippen LogP contribution in [-0.2, 0) is 13.0 Å². The zero-order valence-electron chi connectivity index (χ0n) is 10.7. The van der Waals surface area contributed by atoms with Crippen molar-refractivity contribution >= 4 is 16.9 Å². The number of aromatic nitrogens is 4. The zero-order valence-corrected chi connectivity index (χ0v) is 10.7. The summed E-state index contributed by atoms with van der Waals surface area (Å²) in [6.07, 6.45) is 4.09. The minimum Gasteiger partial charge on any atom is -0.351 e. The molecule has 0 fully saturated rings. The van der Waals surface area contributed by atoms with Gasteiger partial charge in [0.15, 0.2) is 5.65 Å². The Morgan fingerprint density at radius 3 is 3.10 bits per heavy atom. The van der Waals surface area contributed by atoms with Gasteiger partial charge in [-0.3, -0.25) is 5.10 Å². The molecule has 0 spiro atoms. The molecule has 1 aromatic carbocycles. The molecular weight excluding hydrogens is 257 g/mol. The van der Waals surface area contributed by atoms with Crippen LogP contribution in [0.15, 0.2) is 30.7 Å². The van der Waals surface area contributed by atoms with E-state index in [1.165, 1.54) is 12.4 Å². The number of nitrogens with zero attached hydrogens (tertiary/aromatic N) is 4. The number of benzene rings is 1. The quantitative estimate of drug-likeness (QED) is 0.734. The number of halogens is 1. The van der Waals surface area contributed by atoms with Crippen molar-refractivity contribution in [2.45, 2.75) is 13.0 Å². The van der Waals surface area contributed by atoms with Gasteiger partial charge in [-0.1, -0.05) is 6.07 Å². The fourth-order valence-corrected chi connectivity index (χ4v) is 2.71. The molecule has 4 rings (SSSR count). The fraction of sp³-hybridized carbons (Fsp3) is 0.214. The Morgan fingerprint density at radius 1 is 1.20 bits per heavy atom. The lowest BCUT2D eigenvalue weighted by Crippen LogP contribution is -2.31. The molecule has 0 unspecified atom stereocenters. The summed E-state index contributed by atoms with van der Waals surface area (Å²) in [6, 6.07) is 4.99. The largest absolute Gasteiger partial charge is 0.351 e. The number of hydrogen-bond acceptors (Lipinski definition) is 4. The minimum atomic E-state index is -0.170. The second kappa shape index (κ2) is 4.26. The number of H-pyrrole nitrogens is 1. The van der Waals surface area contributed by atoms with Gasteiger partial charge in [0, 0.05) is 13.1 Å². The number of anilines is 1. The van der Waals surface area contributed by atoms with Crippen molar-refractivity contribution in [1.29, 1.82) is 0 Å². The van der Waals surface area contributed by atoms with Crippen LogP contribution >= 0.6 is 0 Å². The van der Waals surface area contributed by atoms with Crippen LogP contribution in [-0.4, -0.2) is 26.7 Å². The molecule has 1 N–H and O–H groups in total. The zero-order chi connectivity index (χ0) is 13.5. The van der Waals surface area contributed by atoms with Gasteiger partial charge in [0.05, 0.1) is 11.6 Å². The summed E-state index contributed by atoms with van der Waals surface area (Å²) in [5.41, 5.74) is 2.96. The predicted molar refractivity (Wildman–Crippen MR) is 72.8 cm³/mol. The number of fused-ring (bicyclic) bond motifs is 2. The lowest BCUT2D eigenvalue weighted by Gasteiger charge is -2.29. The van der Waals surface area contributed by atoms with Crippen LogP contribution in [0.25, 0.3) is 11.0 Å². The molecule has 0 saturated carbocycles. The first-order valence-electron chi connectivity index (χ1n) is 6.47. The van der Waals surface area contributed by atoms with Crippen molar-refractivity contribution in [3.63, 3.8) is 0 Å². The first-order valence-corrected chi connectivity index (χ1v) is 6.47. The molecule has 1 aliphatic rings. The van der Waals surface area contributed by atoms with Crippen molar-refractivity contribution < 1.29 is 4.39 Å². The van der Waals surface area contributed by atoms with Gasteiger partial charge in [-0.05, 0) is 29.7 Å². The Bertz CT molecular complexity index is 782. The van der Waals surface area contributed by atoms with E-state index in [4.69, 9.17) is 0 Å². The molecule has 0 amide bonds. The van der Waals surface area contributed by atoms with Crippen LogP contribution in [0, 0.1) is 5.82 Å². The molecule has 0 aliphatic carbocycles. The highest BCUT2D eigenvalue weighted by atomic mass is 19.1. The monoisotopic (exact) mass is 269 g/mol. The van der Waals surface area contributed by atoms with Crippen molar-refractivity contribution in [1.82, 2.24) is 20.2 Å². The standard InChI is InChI=1S/C14H12FN5/c15-11-2-1-10-7-20(4-3-9(10)5-11)14-12-6-18-19-13(12)16-8-17-14/h1-2,5-6,8H,3-4,7H2,(H,16,17,18,19). The highest BCUT2D eigenvalue weighted by molar-refractivity contribution is 5.86. The molecular formula is C14H12FN5. The smallest absolute Gasteiger partial charge is 0.160 e. The molecule has 1 aliphatic heterocycles. The van der Waals surface area contributed by atoms with Crippen molar-refractivity contribution in [2.24, 2.45) is 0 Å². The average Bonchev–Trinajstić information content (AvgIpc) is 2.95. The Labute approximate surface area is 114 Å². The summed E-state index contributed by atoms with van der Waals surface area (Å²) < 4.78 is 13.2. The van der Waals surface area contributed by atoms with Crippen LogP contribution in [0.5, 0.6) is 0 Å². The first kappa shape index (κ1) is 11.3. The molecule has 6 heteroatoms. The predicted octanol–water partition coefficient (Wildman–Crippen LogP) is 2.05. The minimum absolute atomic E-state index is 0.170. The molecule has 100 valence electrons. The summed E-state index contributed by atoms with van der Waals surface area (Å²) in [7, 11) is 0. The third kappa shape index (κ3) is 1.72. The first-order chi connectivity index (χ1) is 9.81. The Morgan fingerprint density at radius 2 is 2.15 bits per heavy atom. The second-order valence-corrected chi connectivity index (χ2v) is 4.91. The summed E-state index contributed by atoms with van der Waals surface area (Å²) >= 11 is 0. The molecule has 2 aromatic heterocycles. The number of hydrogen-bond donors (Lipinski definition) is 1. The highest BCUT2D eigenvalue weighted by Crippen LogP contribution is 2.27. The van der Waals surface area contributed by atoms with Crippen LogP contribution in [0.2, 0.25) is 0 Å². The molecule has 0 atom stereocenters. The van der Waals surface area contributed by atoms with E-state index in [1.54, 1.807) is 12.3 Å². The van der Waals surface area contributed by atoms with E-state index >= 15 is 0 Å². The summed E-state index contributed by atoms with van der Waals surface area (Å²) in [5.74, 6) is 0.704. The van der Waals surface area contributed by atoms with Gasteiger partial charge in [0.1, 0.15) is 18.0 Å². The second-order valence-electron chi connectivity index (χ2n) is 4.91. The molecule has 5 nitrogen and oxygen atoms in total. The van der Waals surface area contributed by atoms with E-state index in [9.17, 15) is 4.39 Å². The SMILES string of the molecule is Fc1ccc2c(c1)CCN(c1ncnc3[nH]ncc13)C2. The Kier molecular flexibility index (Phi) is 2.42. The maximum Gasteiger partial charge on any atom is 0.160 e. The van der Waals surface area contributed by atoms with Gasteiger partial charge in [0.2, 0.25) is 0 Å². The lowest BCUT2D eigenvalue weighted by molar-refractivity contribution is 0.619. The van der Waals surface area contributed by atoms with Crippen LogP contribution < -0.4 is 4.90 Å². The average molecular weight is 269 g/mol. The summed E-state index contributed by atoms with van der Waals surface area (Å²) in [5, 5.41) is 7.77. The molecule has 3 heterocycles. The third-order valence-corrected chi connectivity index (χ3v) is 3.71. The maximum atomic E-state index is 13.2. The van der Waals surface area contributed by atoms with Gasteiger partial charge >= 0.3 is 0 Å². The van der Waals surface area contributed by atoms with E-state index in [2.05, 4.69) is 25.1 Å². The van der Waals surface area contributed by atoms with E-state index in [-0.39, 0.29) is 5.82 Å². The fourth-order valence-electron chi connectivity index (χ4n) is 2.71. The van der Waals surface area contributed by atoms with Gasteiger partial charge in [0.25, 0.3) is 0 Å². The van der Waals surface area contributed by atoms with E-state index < -0.39 is 0 Å². The maximum absolute atomic E-state index is 13.2. The highest BCUT2D eigenvalue weighted by Gasteiger charge is 2.20. The molecule has 0 radical (unpaired) electrons. The number of aromatic amines is 1. The van der Waals surface area contributed by atoms with Crippen LogP contribution in [0.4, 0.5) is 10.2 Å². The van der Waals surface area contributed by atoms with Crippen LogP contribution in [0.1, 0.15) is 11.1 Å². The van der Waals surface area contributed by atoms with Crippen molar-refractivity contribution in [3.05, 3.63) is 47.7 Å². The Balaban J connectivity index is 1.74. The Hall–Kier alpha value is -2.50. The summed E-state index contributed by atoms with van der Waals surface area (Å²) in [4.78, 5) is 10.7. The summed E-state index contributed by atoms with van der Waals surface area (Å²) in [6.45, 7) is 1.54. The number of rotatable bonds is 1. The molecule has 20 heavy (non-hydrogen) atoms. The van der Waals surface area contributed by atoms with Gasteiger partial charge in [-0.25, -0.2) is 14.4 Å². The number of nitrogens with one attached hydrogen (secondary N) is 1. The van der Waals surface area contributed by atoms with E-state index in [0.29, 0.717) is 0 Å². The van der Waals surface area contributed by atoms with Crippen LogP contribution in [0.3, 0.4) is 0 Å². The third-order valence-electron chi connectivity index (χ3n) is 3.71. The van der Waals surface area contributed by atoms with Gasteiger partial charge in [-0.2, -0.15) is 5.10 Å². The normalized spacial score (nSPS) is 14.6. The van der Waals surface area contributed by atoms with Gasteiger partial charge < -0.3 is 4.90 Å². The lowest BCUT2D eigenvalue weighted by atomic mass is 9.99. The van der Waals surface area contributed by atoms with Crippen molar-refractivity contribution in [3.8, 4) is 0 Å².